The number of hydrogen-bond donors (Lipinski definition) is 1. The highest BCUT2D eigenvalue weighted by Gasteiger charge is 2.09. The third kappa shape index (κ3) is 2.45. The van der Waals surface area contributed by atoms with Crippen molar-refractivity contribution in [1.29, 1.82) is 0 Å². The van der Waals surface area contributed by atoms with E-state index in [-0.39, 0.29) is 6.04 Å². The molecule has 0 amide bonds. The van der Waals surface area contributed by atoms with E-state index in [9.17, 15) is 0 Å². The molecule has 1 aromatic heterocycles. The first-order chi connectivity index (χ1) is 6.15. The van der Waals surface area contributed by atoms with Gasteiger partial charge in [-0.1, -0.05) is 0 Å². The standard InChI is InChI=1S/C9H17N3O/c1-4-13-6-8(3)12-9(10)5-7(2)11-12/h5,8H,4,6,10H2,1-3H3. The summed E-state index contributed by atoms with van der Waals surface area (Å²) in [5, 5.41) is 4.27. The van der Waals surface area contributed by atoms with Gasteiger partial charge in [0, 0.05) is 12.7 Å². The molecule has 0 saturated carbocycles. The Morgan fingerprint density at radius 1 is 1.69 bits per heavy atom. The Morgan fingerprint density at radius 3 is 2.85 bits per heavy atom. The van der Waals surface area contributed by atoms with Crippen molar-refractivity contribution in [3.8, 4) is 0 Å². The lowest BCUT2D eigenvalue weighted by Gasteiger charge is -2.13. The fraction of sp³-hybridized carbons (Fsp3) is 0.667. The number of hydrogen-bond acceptors (Lipinski definition) is 3. The molecule has 0 radical (unpaired) electrons. The molecule has 4 heteroatoms. The summed E-state index contributed by atoms with van der Waals surface area (Å²) in [6, 6.07) is 2.07. The number of aromatic nitrogens is 2. The first-order valence-corrected chi connectivity index (χ1v) is 4.54. The number of nitrogen functional groups attached to an aromatic ring is 1. The maximum absolute atomic E-state index is 5.76. The minimum absolute atomic E-state index is 0.202. The number of anilines is 1. The Bertz CT molecular complexity index is 270. The molecule has 13 heavy (non-hydrogen) atoms. The van der Waals surface area contributed by atoms with Gasteiger partial charge in [-0.05, 0) is 20.8 Å². The summed E-state index contributed by atoms with van der Waals surface area (Å²) in [5.41, 5.74) is 6.70. The van der Waals surface area contributed by atoms with Crippen molar-refractivity contribution in [2.75, 3.05) is 18.9 Å². The van der Waals surface area contributed by atoms with Gasteiger partial charge in [0.25, 0.3) is 0 Å². The second kappa shape index (κ2) is 4.28. The fourth-order valence-corrected chi connectivity index (χ4v) is 1.25. The Kier molecular flexibility index (Phi) is 3.31. The third-order valence-electron chi connectivity index (χ3n) is 1.87. The van der Waals surface area contributed by atoms with E-state index in [4.69, 9.17) is 10.5 Å². The largest absolute Gasteiger partial charge is 0.384 e. The maximum Gasteiger partial charge on any atom is 0.122 e. The number of ether oxygens (including phenoxy) is 1. The first kappa shape index (κ1) is 10.1. The zero-order valence-electron chi connectivity index (χ0n) is 8.45. The van der Waals surface area contributed by atoms with Crippen LogP contribution < -0.4 is 5.73 Å². The fourth-order valence-electron chi connectivity index (χ4n) is 1.25. The molecule has 0 saturated heterocycles. The molecule has 1 rings (SSSR count). The van der Waals surface area contributed by atoms with Crippen LogP contribution >= 0.6 is 0 Å². The normalized spacial score (nSPS) is 13.2. The SMILES string of the molecule is CCOCC(C)n1nc(C)cc1N. The predicted octanol–water partition coefficient (Wildman–Crippen LogP) is 1.37. The minimum atomic E-state index is 0.202. The molecule has 1 unspecified atom stereocenters. The molecule has 0 aliphatic heterocycles. The van der Waals surface area contributed by atoms with Crippen LogP contribution in [0, 0.1) is 6.92 Å². The number of aryl methyl sites for hydroxylation is 1. The smallest absolute Gasteiger partial charge is 0.122 e. The van der Waals surface area contributed by atoms with Gasteiger partial charge in [-0.2, -0.15) is 5.10 Å². The van der Waals surface area contributed by atoms with Crippen LogP contribution in [0.2, 0.25) is 0 Å². The van der Waals surface area contributed by atoms with Crippen LogP contribution in [0.4, 0.5) is 5.82 Å². The third-order valence-corrected chi connectivity index (χ3v) is 1.87. The molecular weight excluding hydrogens is 166 g/mol. The number of nitrogens with zero attached hydrogens (tertiary/aromatic N) is 2. The average molecular weight is 183 g/mol. The van der Waals surface area contributed by atoms with Gasteiger partial charge in [-0.15, -0.1) is 0 Å². The van der Waals surface area contributed by atoms with Gasteiger partial charge in [0.2, 0.25) is 0 Å². The van der Waals surface area contributed by atoms with E-state index in [0.717, 1.165) is 12.3 Å². The Morgan fingerprint density at radius 2 is 2.38 bits per heavy atom. The van der Waals surface area contributed by atoms with Crippen LogP contribution in [0.1, 0.15) is 25.6 Å². The van der Waals surface area contributed by atoms with Crippen LogP contribution in [-0.2, 0) is 4.74 Å². The Balaban J connectivity index is 2.64. The summed E-state index contributed by atoms with van der Waals surface area (Å²) >= 11 is 0. The van der Waals surface area contributed by atoms with Crippen molar-refractivity contribution in [1.82, 2.24) is 9.78 Å². The molecule has 4 nitrogen and oxygen atoms in total. The van der Waals surface area contributed by atoms with E-state index >= 15 is 0 Å². The van der Waals surface area contributed by atoms with Crippen molar-refractivity contribution >= 4 is 5.82 Å². The second-order valence-electron chi connectivity index (χ2n) is 3.16. The minimum Gasteiger partial charge on any atom is -0.384 e. The van der Waals surface area contributed by atoms with E-state index < -0.39 is 0 Å². The van der Waals surface area contributed by atoms with Crippen LogP contribution in [0.3, 0.4) is 0 Å². The van der Waals surface area contributed by atoms with Crippen molar-refractivity contribution in [2.24, 2.45) is 0 Å². The van der Waals surface area contributed by atoms with Gasteiger partial charge in [0.15, 0.2) is 0 Å². The quantitative estimate of drug-likeness (QED) is 0.767. The summed E-state index contributed by atoms with van der Waals surface area (Å²) in [4.78, 5) is 0. The average Bonchev–Trinajstić information content (AvgIpc) is 2.41. The van der Waals surface area contributed by atoms with E-state index in [1.807, 2.05) is 26.8 Å². The molecule has 0 aliphatic carbocycles. The van der Waals surface area contributed by atoms with E-state index in [2.05, 4.69) is 5.10 Å². The monoisotopic (exact) mass is 183 g/mol. The lowest BCUT2D eigenvalue weighted by molar-refractivity contribution is 0.115. The van der Waals surface area contributed by atoms with Crippen LogP contribution in [0.25, 0.3) is 0 Å². The van der Waals surface area contributed by atoms with Crippen molar-refractivity contribution in [3.63, 3.8) is 0 Å². The van der Waals surface area contributed by atoms with E-state index in [1.54, 1.807) is 4.68 Å². The number of rotatable bonds is 4. The maximum atomic E-state index is 5.76. The Hall–Kier alpha value is -1.03. The van der Waals surface area contributed by atoms with Crippen LogP contribution in [0.5, 0.6) is 0 Å². The van der Waals surface area contributed by atoms with Gasteiger partial charge in [0.05, 0.1) is 18.3 Å². The summed E-state index contributed by atoms with van der Waals surface area (Å²) < 4.78 is 7.09. The molecule has 0 spiro atoms. The molecule has 1 heterocycles. The van der Waals surface area contributed by atoms with Gasteiger partial charge in [-0.3, -0.25) is 0 Å². The van der Waals surface area contributed by atoms with Crippen LogP contribution in [-0.4, -0.2) is 23.0 Å². The second-order valence-corrected chi connectivity index (χ2v) is 3.16. The van der Waals surface area contributed by atoms with Gasteiger partial charge < -0.3 is 10.5 Å². The summed E-state index contributed by atoms with van der Waals surface area (Å²) in [7, 11) is 0. The van der Waals surface area contributed by atoms with Crippen molar-refractivity contribution in [3.05, 3.63) is 11.8 Å². The summed E-state index contributed by atoms with van der Waals surface area (Å²) in [5.74, 6) is 0.699. The summed E-state index contributed by atoms with van der Waals surface area (Å²) in [6.45, 7) is 7.33. The molecule has 0 aliphatic rings. The van der Waals surface area contributed by atoms with Crippen molar-refractivity contribution in [2.45, 2.75) is 26.8 Å². The zero-order chi connectivity index (χ0) is 9.84. The van der Waals surface area contributed by atoms with E-state index in [1.165, 1.54) is 0 Å². The molecule has 1 aromatic rings. The van der Waals surface area contributed by atoms with Gasteiger partial charge >= 0.3 is 0 Å². The molecule has 0 aromatic carbocycles. The lowest BCUT2D eigenvalue weighted by atomic mass is 10.4. The van der Waals surface area contributed by atoms with Gasteiger partial charge in [-0.25, -0.2) is 4.68 Å². The molecule has 1 atom stereocenters. The molecule has 0 bridgehead atoms. The summed E-state index contributed by atoms with van der Waals surface area (Å²) in [6.07, 6.45) is 0. The van der Waals surface area contributed by atoms with Crippen LogP contribution in [0.15, 0.2) is 6.07 Å². The lowest BCUT2D eigenvalue weighted by Crippen LogP contribution is -2.15. The predicted molar refractivity (Wildman–Crippen MR) is 52.6 cm³/mol. The van der Waals surface area contributed by atoms with Crippen molar-refractivity contribution < 1.29 is 4.74 Å². The number of nitrogens with two attached hydrogens (primary N) is 1. The highest BCUT2D eigenvalue weighted by molar-refractivity contribution is 5.30. The molecule has 2 N–H and O–H groups in total. The zero-order valence-corrected chi connectivity index (χ0v) is 8.45. The highest BCUT2D eigenvalue weighted by Crippen LogP contribution is 2.13. The molecule has 0 fully saturated rings. The molecular formula is C9H17N3O. The Labute approximate surface area is 78.7 Å². The van der Waals surface area contributed by atoms with Gasteiger partial charge in [0.1, 0.15) is 5.82 Å². The first-order valence-electron chi connectivity index (χ1n) is 4.54. The molecule has 74 valence electrons. The topological polar surface area (TPSA) is 53.1 Å². The van der Waals surface area contributed by atoms with E-state index in [0.29, 0.717) is 12.4 Å². The highest BCUT2D eigenvalue weighted by atomic mass is 16.5.